The highest BCUT2D eigenvalue weighted by Crippen LogP contribution is 2.43. The molecule has 1 heterocycles. The van der Waals surface area contributed by atoms with Gasteiger partial charge in [-0.15, -0.1) is 0 Å². The minimum absolute atomic E-state index is 0.565. The molecule has 3 unspecified atom stereocenters. The van der Waals surface area contributed by atoms with E-state index < -0.39 is 0 Å². The van der Waals surface area contributed by atoms with Crippen LogP contribution in [0.3, 0.4) is 0 Å². The normalized spacial score (nSPS) is 13.1. The van der Waals surface area contributed by atoms with Gasteiger partial charge in [-0.3, -0.25) is 0 Å². The SMILES string of the molecule is CCCCC(CC)COc1ccc(-c2cc3c4cc(-c5ccc(OCC(CC)CCCC)cc5)c(Cl)cc4n(-c4ccc(OCC(CC)CCCC)cc4)c3cc2Cl)cc1. The number of halogens is 2. The Hall–Kier alpha value is -4.12. The van der Waals surface area contributed by atoms with Crippen molar-refractivity contribution in [2.45, 2.75) is 119 Å². The molecule has 0 aliphatic carbocycles. The highest BCUT2D eigenvalue weighted by Gasteiger charge is 2.20. The lowest BCUT2D eigenvalue weighted by Crippen LogP contribution is -2.11. The van der Waals surface area contributed by atoms with Gasteiger partial charge in [0.25, 0.3) is 0 Å². The molecule has 320 valence electrons. The molecule has 0 aliphatic rings. The number of hydrogen-bond acceptors (Lipinski definition) is 3. The number of rotatable bonds is 24. The molecule has 0 fully saturated rings. The largest absolute Gasteiger partial charge is 0.493 e. The summed E-state index contributed by atoms with van der Waals surface area (Å²) in [5.74, 6) is 4.37. The maximum atomic E-state index is 7.23. The first-order valence-electron chi connectivity index (χ1n) is 23.0. The van der Waals surface area contributed by atoms with Gasteiger partial charge in [-0.05, 0) is 121 Å². The quantitative estimate of drug-likeness (QED) is 0.0608. The Morgan fingerprint density at radius 2 is 0.783 bits per heavy atom. The molecule has 0 saturated heterocycles. The summed E-state index contributed by atoms with van der Waals surface area (Å²) < 4.78 is 21.1. The van der Waals surface area contributed by atoms with E-state index in [1.807, 2.05) is 0 Å². The van der Waals surface area contributed by atoms with Crippen LogP contribution in [0.2, 0.25) is 10.0 Å². The van der Waals surface area contributed by atoms with Gasteiger partial charge in [0.1, 0.15) is 17.2 Å². The maximum Gasteiger partial charge on any atom is 0.119 e. The zero-order valence-corrected chi connectivity index (χ0v) is 38.5. The second-order valence-corrected chi connectivity index (χ2v) is 17.6. The number of unbranched alkanes of at least 4 members (excludes halogenated alkanes) is 3. The molecule has 60 heavy (non-hydrogen) atoms. The van der Waals surface area contributed by atoms with E-state index in [4.69, 9.17) is 37.4 Å². The van der Waals surface area contributed by atoms with E-state index in [1.165, 1.54) is 57.8 Å². The van der Waals surface area contributed by atoms with Crippen LogP contribution in [-0.4, -0.2) is 24.4 Å². The van der Waals surface area contributed by atoms with Crippen molar-refractivity contribution in [1.29, 1.82) is 0 Å². The molecule has 0 amide bonds. The highest BCUT2D eigenvalue weighted by atomic mass is 35.5. The lowest BCUT2D eigenvalue weighted by molar-refractivity contribution is 0.233. The smallest absolute Gasteiger partial charge is 0.119 e. The van der Waals surface area contributed by atoms with Crippen LogP contribution in [0, 0.1) is 17.8 Å². The van der Waals surface area contributed by atoms with Crippen LogP contribution >= 0.6 is 23.2 Å². The summed E-state index contributed by atoms with van der Waals surface area (Å²) in [6.45, 7) is 15.7. The Morgan fingerprint density at radius 1 is 0.450 bits per heavy atom. The van der Waals surface area contributed by atoms with Crippen LogP contribution in [0.15, 0.2) is 97.1 Å². The zero-order chi connectivity index (χ0) is 42.4. The molecule has 0 bridgehead atoms. The predicted molar refractivity (Wildman–Crippen MR) is 258 cm³/mol. The molecule has 4 nitrogen and oxygen atoms in total. The van der Waals surface area contributed by atoms with Crippen LogP contribution in [0.5, 0.6) is 17.2 Å². The van der Waals surface area contributed by atoms with E-state index in [2.05, 4.69) is 143 Å². The van der Waals surface area contributed by atoms with Crippen molar-refractivity contribution < 1.29 is 14.2 Å². The van der Waals surface area contributed by atoms with Gasteiger partial charge in [0.15, 0.2) is 0 Å². The summed E-state index contributed by atoms with van der Waals surface area (Å²) in [7, 11) is 0. The first kappa shape index (κ1) is 45.4. The standard InChI is InChI=1S/C54H67Cl2NO3/c1-7-13-16-38(10-4)35-58-44-25-19-41(20-26-44)47-31-49-50-32-48(42-21-27-45(28-22-42)59-36-39(11-5)17-14-8-2)52(56)34-54(50)57(53(49)33-51(47)55)43-23-29-46(30-24-43)60-37-40(12-6)18-15-9-3/h19-34,38-40H,7-18,35-37H2,1-6H3. The number of benzene rings is 5. The fourth-order valence-electron chi connectivity index (χ4n) is 8.27. The topological polar surface area (TPSA) is 32.6 Å². The van der Waals surface area contributed by atoms with Crippen molar-refractivity contribution in [3.63, 3.8) is 0 Å². The van der Waals surface area contributed by atoms with Crippen molar-refractivity contribution in [2.24, 2.45) is 17.8 Å². The summed E-state index contributed by atoms with van der Waals surface area (Å²) in [5, 5.41) is 3.57. The monoisotopic (exact) mass is 847 g/mol. The summed E-state index contributed by atoms with van der Waals surface area (Å²) in [6.07, 6.45) is 14.3. The second kappa shape index (κ2) is 22.6. The van der Waals surface area contributed by atoms with Gasteiger partial charge in [0, 0.05) is 27.6 Å². The number of aromatic nitrogens is 1. The average molecular weight is 849 g/mol. The summed E-state index contributed by atoms with van der Waals surface area (Å²) in [5.41, 5.74) is 7.09. The van der Waals surface area contributed by atoms with Gasteiger partial charge in [0.05, 0.1) is 40.9 Å². The lowest BCUT2D eigenvalue weighted by atomic mass is 9.99. The van der Waals surface area contributed by atoms with E-state index in [-0.39, 0.29) is 0 Å². The van der Waals surface area contributed by atoms with Crippen molar-refractivity contribution in [2.75, 3.05) is 19.8 Å². The first-order valence-corrected chi connectivity index (χ1v) is 23.7. The summed E-state index contributed by atoms with van der Waals surface area (Å²) in [6, 6.07) is 33.9. The lowest BCUT2D eigenvalue weighted by Gasteiger charge is -2.16. The molecule has 5 aromatic carbocycles. The van der Waals surface area contributed by atoms with Crippen molar-refractivity contribution >= 4 is 45.0 Å². The molecule has 0 radical (unpaired) electrons. The van der Waals surface area contributed by atoms with Crippen molar-refractivity contribution in [3.05, 3.63) is 107 Å². The minimum atomic E-state index is 0.565. The van der Waals surface area contributed by atoms with E-state index in [9.17, 15) is 0 Å². The van der Waals surface area contributed by atoms with Gasteiger partial charge in [-0.2, -0.15) is 0 Å². The molecule has 3 atom stereocenters. The van der Waals surface area contributed by atoms with E-state index in [0.29, 0.717) is 27.8 Å². The van der Waals surface area contributed by atoms with E-state index in [0.717, 1.165) is 106 Å². The van der Waals surface area contributed by atoms with Crippen molar-refractivity contribution in [1.82, 2.24) is 4.57 Å². The maximum absolute atomic E-state index is 7.23. The van der Waals surface area contributed by atoms with Gasteiger partial charge in [-0.1, -0.05) is 147 Å². The van der Waals surface area contributed by atoms with Crippen LogP contribution in [-0.2, 0) is 0 Å². The molecule has 6 heteroatoms. The Labute approximate surface area is 370 Å². The van der Waals surface area contributed by atoms with Gasteiger partial charge >= 0.3 is 0 Å². The molecular formula is C54H67Cl2NO3. The fourth-order valence-corrected chi connectivity index (χ4v) is 8.80. The van der Waals surface area contributed by atoms with Crippen LogP contribution < -0.4 is 14.2 Å². The second-order valence-electron chi connectivity index (χ2n) is 16.8. The number of hydrogen-bond donors (Lipinski definition) is 0. The Morgan fingerprint density at radius 3 is 1.10 bits per heavy atom. The summed E-state index contributed by atoms with van der Waals surface area (Å²) in [4.78, 5) is 0. The Balaban J connectivity index is 1.36. The van der Waals surface area contributed by atoms with E-state index in [1.54, 1.807) is 0 Å². The number of ether oxygens (including phenoxy) is 3. The third kappa shape index (κ3) is 11.4. The molecule has 0 spiro atoms. The molecule has 6 rings (SSSR count). The van der Waals surface area contributed by atoms with Crippen LogP contribution in [0.1, 0.15) is 119 Å². The Bertz CT molecular complexity index is 2100. The third-order valence-electron chi connectivity index (χ3n) is 12.5. The molecule has 0 N–H and O–H groups in total. The summed E-state index contributed by atoms with van der Waals surface area (Å²) >= 11 is 14.5. The van der Waals surface area contributed by atoms with Crippen LogP contribution in [0.4, 0.5) is 0 Å². The van der Waals surface area contributed by atoms with Crippen molar-refractivity contribution in [3.8, 4) is 45.2 Å². The number of fused-ring (bicyclic) bond motifs is 3. The third-order valence-corrected chi connectivity index (χ3v) is 13.1. The average Bonchev–Trinajstić information content (AvgIpc) is 3.57. The molecule has 0 saturated carbocycles. The van der Waals surface area contributed by atoms with Crippen LogP contribution in [0.25, 0.3) is 49.7 Å². The number of nitrogens with zero attached hydrogens (tertiary/aromatic N) is 1. The Kier molecular flexibility index (Phi) is 17.1. The molecule has 1 aromatic heterocycles. The molecule has 0 aliphatic heterocycles. The minimum Gasteiger partial charge on any atom is -0.493 e. The van der Waals surface area contributed by atoms with Gasteiger partial charge in [-0.25, -0.2) is 0 Å². The van der Waals surface area contributed by atoms with E-state index >= 15 is 0 Å². The van der Waals surface area contributed by atoms with Gasteiger partial charge < -0.3 is 18.8 Å². The predicted octanol–water partition coefficient (Wildman–Crippen LogP) is 17.2. The molecular weight excluding hydrogens is 782 g/mol. The first-order chi connectivity index (χ1) is 29.3. The van der Waals surface area contributed by atoms with Gasteiger partial charge in [0.2, 0.25) is 0 Å². The molecule has 6 aromatic rings. The highest BCUT2D eigenvalue weighted by molar-refractivity contribution is 6.36. The fraction of sp³-hybridized carbons (Fsp3) is 0.444. The zero-order valence-electron chi connectivity index (χ0n) is 37.0.